The Balaban J connectivity index is 1.86. The molecule has 0 fully saturated rings. The smallest absolute Gasteiger partial charge is 0.157 e. The first-order valence-corrected chi connectivity index (χ1v) is 8.57. The Morgan fingerprint density at radius 3 is 2.32 bits per heavy atom. The normalized spacial score (nSPS) is 12.8. The number of para-hydroxylation sites is 1. The average Bonchev–Trinajstić information content (AvgIpc) is 2.48. The molecule has 0 aliphatic carbocycles. The van der Waals surface area contributed by atoms with Crippen LogP contribution in [0.5, 0.6) is 5.75 Å². The molecule has 0 spiro atoms. The third kappa shape index (κ3) is 5.46. The molecule has 6 heteroatoms. The molecule has 0 bridgehead atoms. The van der Waals surface area contributed by atoms with Crippen molar-refractivity contribution in [3.63, 3.8) is 0 Å². The molecule has 1 N–H and O–H groups in total. The molecule has 0 aliphatic heterocycles. The van der Waals surface area contributed by atoms with Gasteiger partial charge in [-0.05, 0) is 29.8 Å². The SMILES string of the molecule is O=S(=O)(Cc1ccc(F)cc1)CC(O)COc1ccccc1. The standard InChI is InChI=1S/C16H17FO4S/c17-14-8-6-13(7-9-14)11-22(19,20)12-15(18)10-21-16-4-2-1-3-5-16/h1-9,15,18H,10-12H2. The van der Waals surface area contributed by atoms with Gasteiger partial charge < -0.3 is 9.84 Å². The van der Waals surface area contributed by atoms with E-state index in [0.29, 0.717) is 11.3 Å². The molecule has 0 saturated heterocycles. The van der Waals surface area contributed by atoms with E-state index in [2.05, 4.69) is 0 Å². The van der Waals surface area contributed by atoms with Crippen LogP contribution < -0.4 is 4.74 Å². The number of aliphatic hydroxyl groups is 1. The summed E-state index contributed by atoms with van der Waals surface area (Å²) in [6.45, 7) is -0.105. The number of aliphatic hydroxyl groups excluding tert-OH is 1. The highest BCUT2D eigenvalue weighted by Gasteiger charge is 2.18. The van der Waals surface area contributed by atoms with Gasteiger partial charge >= 0.3 is 0 Å². The van der Waals surface area contributed by atoms with E-state index in [1.54, 1.807) is 24.3 Å². The van der Waals surface area contributed by atoms with Gasteiger partial charge in [0.2, 0.25) is 0 Å². The number of benzene rings is 2. The third-order valence-electron chi connectivity index (χ3n) is 2.93. The van der Waals surface area contributed by atoms with Crippen LogP contribution in [0.25, 0.3) is 0 Å². The van der Waals surface area contributed by atoms with Gasteiger partial charge in [0.25, 0.3) is 0 Å². The van der Waals surface area contributed by atoms with E-state index < -0.39 is 27.5 Å². The molecule has 0 aromatic heterocycles. The van der Waals surface area contributed by atoms with Gasteiger partial charge in [-0.3, -0.25) is 0 Å². The fourth-order valence-electron chi connectivity index (χ4n) is 1.94. The molecule has 22 heavy (non-hydrogen) atoms. The van der Waals surface area contributed by atoms with E-state index in [4.69, 9.17) is 4.74 Å². The van der Waals surface area contributed by atoms with Crippen molar-refractivity contribution in [1.29, 1.82) is 0 Å². The lowest BCUT2D eigenvalue weighted by molar-refractivity contribution is 0.125. The molecule has 0 saturated carbocycles. The van der Waals surface area contributed by atoms with Gasteiger partial charge in [-0.15, -0.1) is 0 Å². The number of ether oxygens (including phenoxy) is 1. The molecule has 1 atom stereocenters. The number of hydrogen-bond acceptors (Lipinski definition) is 4. The Labute approximate surface area is 129 Å². The van der Waals surface area contributed by atoms with Crippen molar-refractivity contribution in [3.8, 4) is 5.75 Å². The number of hydrogen-bond donors (Lipinski definition) is 1. The van der Waals surface area contributed by atoms with Crippen molar-refractivity contribution in [2.45, 2.75) is 11.9 Å². The van der Waals surface area contributed by atoms with Crippen LogP contribution in [0, 0.1) is 5.82 Å². The zero-order valence-corrected chi connectivity index (χ0v) is 12.7. The van der Waals surface area contributed by atoms with Crippen LogP contribution in [0.4, 0.5) is 4.39 Å². The zero-order chi connectivity index (χ0) is 16.0. The van der Waals surface area contributed by atoms with Gasteiger partial charge in [0, 0.05) is 0 Å². The minimum absolute atomic E-state index is 0.105. The maximum atomic E-state index is 12.8. The highest BCUT2D eigenvalue weighted by Crippen LogP contribution is 2.11. The summed E-state index contributed by atoms with van der Waals surface area (Å²) >= 11 is 0. The summed E-state index contributed by atoms with van der Waals surface area (Å²) in [6, 6.07) is 14.1. The van der Waals surface area contributed by atoms with Gasteiger partial charge in [0.15, 0.2) is 9.84 Å². The van der Waals surface area contributed by atoms with Gasteiger partial charge in [-0.25, -0.2) is 12.8 Å². The Kier molecular flexibility index (Phi) is 5.51. The maximum Gasteiger partial charge on any atom is 0.157 e. The minimum Gasteiger partial charge on any atom is -0.491 e. The van der Waals surface area contributed by atoms with Crippen molar-refractivity contribution >= 4 is 9.84 Å². The summed E-state index contributed by atoms with van der Waals surface area (Å²) in [7, 11) is -3.50. The van der Waals surface area contributed by atoms with Crippen LogP contribution >= 0.6 is 0 Å². The van der Waals surface area contributed by atoms with Gasteiger partial charge in [-0.1, -0.05) is 30.3 Å². The third-order valence-corrected chi connectivity index (χ3v) is 4.60. The summed E-state index contributed by atoms with van der Waals surface area (Å²) < 4.78 is 42.1. The van der Waals surface area contributed by atoms with Gasteiger partial charge in [0.1, 0.15) is 24.3 Å². The van der Waals surface area contributed by atoms with Crippen LogP contribution in [0.15, 0.2) is 54.6 Å². The Morgan fingerprint density at radius 1 is 1.05 bits per heavy atom. The predicted molar refractivity (Wildman–Crippen MR) is 81.8 cm³/mol. The molecule has 118 valence electrons. The van der Waals surface area contributed by atoms with Crippen LogP contribution in [0.3, 0.4) is 0 Å². The van der Waals surface area contributed by atoms with Crippen LogP contribution in [-0.4, -0.2) is 32.0 Å². The highest BCUT2D eigenvalue weighted by molar-refractivity contribution is 7.90. The molecule has 4 nitrogen and oxygen atoms in total. The van der Waals surface area contributed by atoms with Crippen molar-refractivity contribution in [1.82, 2.24) is 0 Å². The molecule has 0 heterocycles. The monoisotopic (exact) mass is 324 g/mol. The number of halogens is 1. The first-order chi connectivity index (χ1) is 10.4. The predicted octanol–water partition coefficient (Wildman–Crippen LogP) is 2.18. The quantitative estimate of drug-likeness (QED) is 0.848. The van der Waals surface area contributed by atoms with Crippen LogP contribution in [-0.2, 0) is 15.6 Å². The molecule has 0 aliphatic rings. The molecular weight excluding hydrogens is 307 g/mol. The number of sulfone groups is 1. The lowest BCUT2D eigenvalue weighted by Crippen LogP contribution is -2.27. The molecule has 1 unspecified atom stereocenters. The van der Waals surface area contributed by atoms with Gasteiger partial charge in [-0.2, -0.15) is 0 Å². The zero-order valence-electron chi connectivity index (χ0n) is 11.9. The minimum atomic E-state index is -3.50. The summed E-state index contributed by atoms with van der Waals surface area (Å²) in [5.74, 6) is -0.498. The Morgan fingerprint density at radius 2 is 1.68 bits per heavy atom. The second kappa shape index (κ2) is 7.38. The van der Waals surface area contributed by atoms with Crippen molar-refractivity contribution < 1.29 is 22.7 Å². The maximum absolute atomic E-state index is 12.8. The fraction of sp³-hybridized carbons (Fsp3) is 0.250. The summed E-state index contributed by atoms with van der Waals surface area (Å²) in [5, 5.41) is 9.80. The molecule has 2 aromatic rings. The van der Waals surface area contributed by atoms with E-state index in [1.165, 1.54) is 24.3 Å². The van der Waals surface area contributed by atoms with Crippen molar-refractivity contribution in [2.24, 2.45) is 0 Å². The molecular formula is C16H17FO4S. The summed E-state index contributed by atoms with van der Waals surface area (Å²) in [5.41, 5.74) is 0.484. The molecule has 2 rings (SSSR count). The van der Waals surface area contributed by atoms with E-state index in [0.717, 1.165) is 0 Å². The van der Waals surface area contributed by atoms with Crippen LogP contribution in [0.2, 0.25) is 0 Å². The fourth-order valence-corrected chi connectivity index (χ4v) is 3.44. The summed E-state index contributed by atoms with van der Waals surface area (Å²) in [4.78, 5) is 0. The van der Waals surface area contributed by atoms with Gasteiger partial charge in [0.05, 0.1) is 11.5 Å². The van der Waals surface area contributed by atoms with E-state index >= 15 is 0 Å². The average molecular weight is 324 g/mol. The molecule has 0 amide bonds. The first-order valence-electron chi connectivity index (χ1n) is 6.75. The second-order valence-corrected chi connectivity index (χ2v) is 7.07. The van der Waals surface area contributed by atoms with Crippen LogP contribution in [0.1, 0.15) is 5.56 Å². The van der Waals surface area contributed by atoms with Crippen molar-refractivity contribution in [3.05, 3.63) is 66.0 Å². The largest absolute Gasteiger partial charge is 0.491 e. The molecule has 0 radical (unpaired) electrons. The topological polar surface area (TPSA) is 63.6 Å². The van der Waals surface area contributed by atoms with E-state index in [-0.39, 0.29) is 12.4 Å². The lowest BCUT2D eigenvalue weighted by atomic mass is 10.2. The Hall–Kier alpha value is -1.92. The van der Waals surface area contributed by atoms with E-state index in [1.807, 2.05) is 6.07 Å². The first kappa shape index (κ1) is 16.5. The Bertz CT molecular complexity index is 684. The second-order valence-electron chi connectivity index (χ2n) is 4.96. The number of rotatable bonds is 7. The highest BCUT2D eigenvalue weighted by atomic mass is 32.2. The van der Waals surface area contributed by atoms with E-state index in [9.17, 15) is 17.9 Å². The summed E-state index contributed by atoms with van der Waals surface area (Å²) in [6.07, 6.45) is -1.12. The molecule has 2 aromatic carbocycles. The van der Waals surface area contributed by atoms with Crippen molar-refractivity contribution in [2.75, 3.05) is 12.4 Å². The lowest BCUT2D eigenvalue weighted by Gasteiger charge is -2.13.